The number of hydrogen-bond acceptors (Lipinski definition) is 3. The third-order valence-electron chi connectivity index (χ3n) is 3.61. The molecule has 20 heavy (non-hydrogen) atoms. The second-order valence-corrected chi connectivity index (χ2v) is 8.12. The molecule has 1 aromatic rings. The number of carboxylic acid groups (broad SMARTS) is 1. The van der Waals surface area contributed by atoms with Crippen molar-refractivity contribution in [2.75, 3.05) is 11.5 Å². The molecule has 1 saturated heterocycles. The third kappa shape index (κ3) is 3.65. The first-order valence-electron chi connectivity index (χ1n) is 6.15. The van der Waals surface area contributed by atoms with Crippen molar-refractivity contribution in [3.63, 3.8) is 0 Å². The van der Waals surface area contributed by atoms with E-state index in [2.05, 4.69) is 0 Å². The minimum Gasteiger partial charge on any atom is -0.481 e. The lowest BCUT2D eigenvalue weighted by atomic mass is 9.86. The number of benzene rings is 1. The molecule has 0 amide bonds. The van der Waals surface area contributed by atoms with Crippen LogP contribution in [0.1, 0.15) is 12.0 Å². The Morgan fingerprint density at radius 1 is 1.40 bits per heavy atom. The van der Waals surface area contributed by atoms with Crippen LogP contribution in [-0.4, -0.2) is 31.0 Å². The van der Waals surface area contributed by atoms with Gasteiger partial charge in [0.05, 0.1) is 17.4 Å². The summed E-state index contributed by atoms with van der Waals surface area (Å²) in [5, 5.41) is 10.2. The van der Waals surface area contributed by atoms with E-state index in [9.17, 15) is 18.3 Å². The van der Waals surface area contributed by atoms with Gasteiger partial charge in [0.25, 0.3) is 0 Å². The Balaban J connectivity index is 2.20. The van der Waals surface area contributed by atoms with Gasteiger partial charge in [0, 0.05) is 10.0 Å². The predicted molar refractivity (Wildman–Crippen MR) is 78.1 cm³/mol. The van der Waals surface area contributed by atoms with Gasteiger partial charge in [0.15, 0.2) is 9.84 Å². The average molecular weight is 337 g/mol. The Labute approximate surface area is 127 Å². The van der Waals surface area contributed by atoms with Crippen LogP contribution in [-0.2, 0) is 21.1 Å². The predicted octanol–water partition coefficient (Wildman–Crippen LogP) is 2.67. The topological polar surface area (TPSA) is 71.4 Å². The summed E-state index contributed by atoms with van der Waals surface area (Å²) < 4.78 is 23.0. The molecule has 7 heteroatoms. The van der Waals surface area contributed by atoms with Crippen LogP contribution in [0.4, 0.5) is 0 Å². The molecule has 1 N–H and O–H groups in total. The van der Waals surface area contributed by atoms with Gasteiger partial charge in [0.2, 0.25) is 0 Å². The fourth-order valence-corrected chi connectivity index (χ4v) is 4.89. The molecule has 0 aliphatic carbocycles. The summed E-state index contributed by atoms with van der Waals surface area (Å²) in [4.78, 5) is 11.4. The second-order valence-electron chi connectivity index (χ2n) is 5.05. The third-order valence-corrected chi connectivity index (χ3v) is 5.99. The van der Waals surface area contributed by atoms with Crippen molar-refractivity contribution in [1.82, 2.24) is 0 Å². The van der Waals surface area contributed by atoms with E-state index >= 15 is 0 Å². The van der Waals surface area contributed by atoms with Crippen molar-refractivity contribution in [1.29, 1.82) is 0 Å². The molecule has 0 radical (unpaired) electrons. The number of carbonyl (C=O) groups is 1. The molecule has 1 aromatic carbocycles. The summed E-state index contributed by atoms with van der Waals surface area (Å²) in [6, 6.07) is 4.89. The first-order valence-corrected chi connectivity index (χ1v) is 8.73. The van der Waals surface area contributed by atoms with Crippen molar-refractivity contribution in [3.05, 3.63) is 33.8 Å². The number of sulfone groups is 1. The molecule has 4 nitrogen and oxygen atoms in total. The van der Waals surface area contributed by atoms with E-state index in [1.54, 1.807) is 18.2 Å². The van der Waals surface area contributed by atoms with Crippen LogP contribution in [0.5, 0.6) is 0 Å². The van der Waals surface area contributed by atoms with E-state index in [0.717, 1.165) is 0 Å². The highest BCUT2D eigenvalue weighted by molar-refractivity contribution is 7.91. The Bertz CT molecular complexity index is 627. The van der Waals surface area contributed by atoms with Crippen molar-refractivity contribution in [3.8, 4) is 0 Å². The van der Waals surface area contributed by atoms with Crippen LogP contribution in [0.2, 0.25) is 10.0 Å². The van der Waals surface area contributed by atoms with E-state index < -0.39 is 21.7 Å². The number of aliphatic carboxylic acids is 1. The molecule has 0 spiro atoms. The summed E-state index contributed by atoms with van der Waals surface area (Å²) in [7, 11) is -3.10. The minimum absolute atomic E-state index is 0.0603. The molecule has 0 bridgehead atoms. The largest absolute Gasteiger partial charge is 0.481 e. The first kappa shape index (κ1) is 15.6. The molecule has 2 atom stereocenters. The number of rotatable bonds is 4. The molecule has 2 rings (SSSR count). The highest BCUT2D eigenvalue weighted by Gasteiger charge is 2.37. The van der Waals surface area contributed by atoms with Gasteiger partial charge in [0.1, 0.15) is 0 Å². The standard InChI is InChI=1S/C13H14Cl2O4S/c14-10-2-1-8(12(15)6-10)5-11(13(16)17)9-3-4-20(18,19)7-9/h1-2,6,9,11H,3-5,7H2,(H,16,17). The fourth-order valence-electron chi connectivity index (χ4n) is 2.52. The summed E-state index contributed by atoms with van der Waals surface area (Å²) in [5.74, 6) is -2.08. The first-order chi connectivity index (χ1) is 9.28. The van der Waals surface area contributed by atoms with Gasteiger partial charge in [-0.3, -0.25) is 4.79 Å². The molecule has 0 aromatic heterocycles. The van der Waals surface area contributed by atoms with Crippen LogP contribution >= 0.6 is 23.2 Å². The van der Waals surface area contributed by atoms with Crippen molar-refractivity contribution in [2.24, 2.45) is 11.8 Å². The number of halogens is 2. The molecule has 1 fully saturated rings. The van der Waals surface area contributed by atoms with Gasteiger partial charge in [-0.1, -0.05) is 29.3 Å². The molecule has 110 valence electrons. The zero-order valence-electron chi connectivity index (χ0n) is 10.6. The van der Waals surface area contributed by atoms with E-state index in [4.69, 9.17) is 23.2 Å². The van der Waals surface area contributed by atoms with Crippen LogP contribution in [0.25, 0.3) is 0 Å². The smallest absolute Gasteiger partial charge is 0.307 e. The van der Waals surface area contributed by atoms with Crippen LogP contribution in [0.3, 0.4) is 0 Å². The zero-order chi connectivity index (χ0) is 14.9. The highest BCUT2D eigenvalue weighted by atomic mass is 35.5. The maximum Gasteiger partial charge on any atom is 0.307 e. The van der Waals surface area contributed by atoms with Crippen LogP contribution < -0.4 is 0 Å². The summed E-state index contributed by atoms with van der Waals surface area (Å²) in [6.45, 7) is 0. The number of hydrogen-bond donors (Lipinski definition) is 1. The van der Waals surface area contributed by atoms with Gasteiger partial charge in [-0.15, -0.1) is 0 Å². The van der Waals surface area contributed by atoms with Gasteiger partial charge >= 0.3 is 5.97 Å². The molecular weight excluding hydrogens is 323 g/mol. The van der Waals surface area contributed by atoms with Crippen molar-refractivity contribution >= 4 is 39.0 Å². The Morgan fingerprint density at radius 2 is 2.10 bits per heavy atom. The monoisotopic (exact) mass is 336 g/mol. The van der Waals surface area contributed by atoms with Gasteiger partial charge in [-0.25, -0.2) is 8.42 Å². The lowest BCUT2D eigenvalue weighted by molar-refractivity contribution is -0.143. The molecule has 2 unspecified atom stereocenters. The van der Waals surface area contributed by atoms with Gasteiger partial charge in [-0.05, 0) is 36.5 Å². The molecule has 1 heterocycles. The van der Waals surface area contributed by atoms with E-state index in [0.29, 0.717) is 22.0 Å². The zero-order valence-corrected chi connectivity index (χ0v) is 12.9. The maximum atomic E-state index is 11.5. The van der Waals surface area contributed by atoms with E-state index in [1.165, 1.54) is 0 Å². The van der Waals surface area contributed by atoms with Crippen LogP contribution in [0, 0.1) is 11.8 Å². The molecular formula is C13H14Cl2O4S. The second kappa shape index (κ2) is 5.92. The van der Waals surface area contributed by atoms with Gasteiger partial charge in [-0.2, -0.15) is 0 Å². The quantitative estimate of drug-likeness (QED) is 0.917. The molecule has 1 aliphatic heterocycles. The molecule has 0 saturated carbocycles. The van der Waals surface area contributed by atoms with Crippen LogP contribution in [0.15, 0.2) is 18.2 Å². The Kier molecular flexibility index (Phi) is 4.62. The average Bonchev–Trinajstić information content (AvgIpc) is 2.68. The maximum absolute atomic E-state index is 11.5. The molecule has 1 aliphatic rings. The lowest BCUT2D eigenvalue weighted by Gasteiger charge is -2.18. The van der Waals surface area contributed by atoms with E-state index in [1.807, 2.05) is 0 Å². The Hall–Kier alpha value is -0.780. The lowest BCUT2D eigenvalue weighted by Crippen LogP contribution is -2.26. The van der Waals surface area contributed by atoms with E-state index in [-0.39, 0.29) is 23.8 Å². The van der Waals surface area contributed by atoms with Crippen molar-refractivity contribution < 1.29 is 18.3 Å². The van der Waals surface area contributed by atoms with Gasteiger partial charge < -0.3 is 5.11 Å². The summed E-state index contributed by atoms with van der Waals surface area (Å²) >= 11 is 11.8. The highest BCUT2D eigenvalue weighted by Crippen LogP contribution is 2.31. The summed E-state index contributed by atoms with van der Waals surface area (Å²) in [6.07, 6.45) is 0.607. The normalized spacial score (nSPS) is 22.6. The minimum atomic E-state index is -3.10. The fraction of sp³-hybridized carbons (Fsp3) is 0.462. The SMILES string of the molecule is O=C(O)C(Cc1ccc(Cl)cc1Cl)C1CCS(=O)(=O)C1. The van der Waals surface area contributed by atoms with Crippen molar-refractivity contribution in [2.45, 2.75) is 12.8 Å². The Morgan fingerprint density at radius 3 is 2.60 bits per heavy atom. The number of carboxylic acids is 1. The summed E-state index contributed by atoms with van der Waals surface area (Å²) in [5.41, 5.74) is 0.674.